The fourth-order valence-corrected chi connectivity index (χ4v) is 1.70. The molecule has 0 saturated heterocycles. The van der Waals surface area contributed by atoms with Gasteiger partial charge in [0.05, 0.1) is 29.4 Å². The Balaban J connectivity index is 3.45. The van der Waals surface area contributed by atoms with Crippen molar-refractivity contribution in [1.29, 1.82) is 5.26 Å². The Kier molecular flexibility index (Phi) is 4.78. The van der Waals surface area contributed by atoms with E-state index in [1.54, 1.807) is 6.92 Å². The van der Waals surface area contributed by atoms with Crippen molar-refractivity contribution in [3.63, 3.8) is 0 Å². The van der Waals surface area contributed by atoms with Crippen LogP contribution in [0.5, 0.6) is 0 Å². The molecule has 0 aliphatic rings. The van der Waals surface area contributed by atoms with Crippen LogP contribution < -0.4 is 0 Å². The maximum absolute atomic E-state index is 12.7. The molecular formula is C12H9ClF3NO2. The predicted molar refractivity (Wildman–Crippen MR) is 61.7 cm³/mol. The Hall–Kier alpha value is -1.74. The Morgan fingerprint density at radius 3 is 2.53 bits per heavy atom. The zero-order chi connectivity index (χ0) is 14.6. The number of ether oxygens (including phenoxy) is 1. The number of benzene rings is 1. The van der Waals surface area contributed by atoms with Crippen molar-refractivity contribution >= 4 is 17.6 Å². The minimum Gasteiger partial charge on any atom is -0.462 e. The molecule has 0 aliphatic heterocycles. The quantitative estimate of drug-likeness (QED) is 0.632. The highest BCUT2D eigenvalue weighted by molar-refractivity contribution is 6.17. The lowest BCUT2D eigenvalue weighted by Gasteiger charge is -2.13. The minimum absolute atomic E-state index is 0.0218. The van der Waals surface area contributed by atoms with Gasteiger partial charge in [0.1, 0.15) is 0 Å². The average molecular weight is 292 g/mol. The summed E-state index contributed by atoms with van der Waals surface area (Å²) >= 11 is 5.54. The van der Waals surface area contributed by atoms with Gasteiger partial charge in [0.15, 0.2) is 0 Å². The van der Waals surface area contributed by atoms with E-state index in [0.29, 0.717) is 6.07 Å². The fourth-order valence-electron chi connectivity index (χ4n) is 1.48. The summed E-state index contributed by atoms with van der Waals surface area (Å²) in [6, 6.07) is 2.99. The molecule has 0 unspecified atom stereocenters. The van der Waals surface area contributed by atoms with Crippen LogP contribution in [0.1, 0.15) is 34.0 Å². The number of rotatable bonds is 3. The molecular weight excluding hydrogens is 283 g/mol. The lowest BCUT2D eigenvalue weighted by molar-refractivity contribution is -0.137. The molecule has 102 valence electrons. The van der Waals surface area contributed by atoms with Crippen LogP contribution in [0.25, 0.3) is 0 Å². The smallest absolute Gasteiger partial charge is 0.417 e. The van der Waals surface area contributed by atoms with Crippen molar-refractivity contribution in [1.82, 2.24) is 0 Å². The topological polar surface area (TPSA) is 50.1 Å². The Labute approximate surface area is 112 Å². The van der Waals surface area contributed by atoms with Crippen LogP contribution >= 0.6 is 11.6 Å². The SMILES string of the molecule is CCOC(=O)c1cc(C#N)c(C(F)(F)F)cc1CCl. The number of hydrogen-bond acceptors (Lipinski definition) is 3. The summed E-state index contributed by atoms with van der Waals surface area (Å²) in [5.41, 5.74) is -1.89. The highest BCUT2D eigenvalue weighted by Crippen LogP contribution is 2.34. The molecule has 1 rings (SSSR count). The highest BCUT2D eigenvalue weighted by atomic mass is 35.5. The molecule has 0 aliphatic carbocycles. The van der Waals surface area contributed by atoms with Gasteiger partial charge in [-0.3, -0.25) is 0 Å². The summed E-state index contributed by atoms with van der Waals surface area (Å²) in [5.74, 6) is -1.09. The largest absolute Gasteiger partial charge is 0.462 e. The van der Waals surface area contributed by atoms with Crippen LogP contribution in [0.3, 0.4) is 0 Å². The van der Waals surface area contributed by atoms with E-state index in [9.17, 15) is 18.0 Å². The lowest BCUT2D eigenvalue weighted by atomic mass is 9.99. The van der Waals surface area contributed by atoms with Crippen molar-refractivity contribution in [2.75, 3.05) is 6.61 Å². The third-order valence-corrected chi connectivity index (χ3v) is 2.60. The third kappa shape index (κ3) is 3.38. The number of nitriles is 1. The summed E-state index contributed by atoms with van der Waals surface area (Å²) in [6.45, 7) is 1.64. The molecule has 0 fully saturated rings. The molecule has 1 aromatic carbocycles. The number of carbonyl (C=O) groups excluding carboxylic acids is 1. The van der Waals surface area contributed by atoms with Crippen LogP contribution in [0, 0.1) is 11.3 Å². The van der Waals surface area contributed by atoms with Gasteiger partial charge in [-0.05, 0) is 24.6 Å². The molecule has 0 N–H and O–H groups in total. The molecule has 0 bridgehead atoms. The summed E-state index contributed by atoms with van der Waals surface area (Å²) in [4.78, 5) is 11.6. The highest BCUT2D eigenvalue weighted by Gasteiger charge is 2.35. The number of hydrogen-bond donors (Lipinski definition) is 0. The molecule has 19 heavy (non-hydrogen) atoms. The second-order valence-corrected chi connectivity index (χ2v) is 3.79. The standard InChI is InChI=1S/C12H9ClF3NO2/c1-2-19-11(18)9-3-8(6-17)10(12(14,15)16)4-7(9)5-13/h3-4H,2,5H2,1H3. The number of carbonyl (C=O) groups is 1. The lowest BCUT2D eigenvalue weighted by Crippen LogP contribution is -2.13. The number of esters is 1. The van der Waals surface area contributed by atoms with E-state index in [1.165, 1.54) is 6.07 Å². The van der Waals surface area contributed by atoms with Crippen molar-refractivity contribution in [2.24, 2.45) is 0 Å². The van der Waals surface area contributed by atoms with Gasteiger partial charge in [0.25, 0.3) is 0 Å². The second kappa shape index (κ2) is 5.93. The molecule has 0 amide bonds. The van der Waals surface area contributed by atoms with E-state index in [2.05, 4.69) is 0 Å². The van der Waals surface area contributed by atoms with Crippen molar-refractivity contribution < 1.29 is 22.7 Å². The van der Waals surface area contributed by atoms with E-state index in [4.69, 9.17) is 21.6 Å². The zero-order valence-electron chi connectivity index (χ0n) is 9.84. The summed E-state index contributed by atoms with van der Waals surface area (Å²) < 4.78 is 42.9. The summed E-state index contributed by atoms with van der Waals surface area (Å²) in [6.07, 6.45) is -4.68. The average Bonchev–Trinajstić information content (AvgIpc) is 2.36. The fraction of sp³-hybridized carbons (Fsp3) is 0.333. The van der Waals surface area contributed by atoms with Crippen LogP contribution in [0.2, 0.25) is 0 Å². The predicted octanol–water partition coefficient (Wildman–Crippen LogP) is 3.49. The van der Waals surface area contributed by atoms with E-state index in [-0.39, 0.29) is 23.6 Å². The normalized spacial score (nSPS) is 10.9. The zero-order valence-corrected chi connectivity index (χ0v) is 10.6. The van der Waals surface area contributed by atoms with Crippen LogP contribution in [0.4, 0.5) is 13.2 Å². The second-order valence-electron chi connectivity index (χ2n) is 3.52. The maximum atomic E-state index is 12.7. The number of halogens is 4. The molecule has 0 atom stereocenters. The van der Waals surface area contributed by atoms with Crippen LogP contribution in [-0.4, -0.2) is 12.6 Å². The number of alkyl halides is 4. The van der Waals surface area contributed by atoms with Crippen LogP contribution in [0.15, 0.2) is 12.1 Å². The van der Waals surface area contributed by atoms with Gasteiger partial charge < -0.3 is 4.74 Å². The van der Waals surface area contributed by atoms with Gasteiger partial charge in [0.2, 0.25) is 0 Å². The van der Waals surface area contributed by atoms with Gasteiger partial charge in [-0.15, -0.1) is 11.6 Å². The van der Waals surface area contributed by atoms with Gasteiger partial charge in [-0.25, -0.2) is 4.79 Å². The van der Waals surface area contributed by atoms with Crippen molar-refractivity contribution in [2.45, 2.75) is 19.0 Å². The number of nitrogens with zero attached hydrogens (tertiary/aromatic N) is 1. The van der Waals surface area contributed by atoms with Gasteiger partial charge >= 0.3 is 12.1 Å². The van der Waals surface area contributed by atoms with E-state index in [1.807, 2.05) is 0 Å². The Morgan fingerprint density at radius 1 is 1.47 bits per heavy atom. The monoisotopic (exact) mass is 291 g/mol. The molecule has 0 aromatic heterocycles. The molecule has 3 nitrogen and oxygen atoms in total. The van der Waals surface area contributed by atoms with Gasteiger partial charge in [0, 0.05) is 5.88 Å². The van der Waals surface area contributed by atoms with Crippen molar-refractivity contribution in [3.05, 3.63) is 34.4 Å². The summed E-state index contributed by atoms with van der Waals surface area (Å²) in [7, 11) is 0. The van der Waals surface area contributed by atoms with Gasteiger partial charge in [-0.2, -0.15) is 18.4 Å². The van der Waals surface area contributed by atoms with Crippen molar-refractivity contribution in [3.8, 4) is 6.07 Å². The van der Waals surface area contributed by atoms with Gasteiger partial charge in [-0.1, -0.05) is 0 Å². The Bertz CT molecular complexity index is 535. The molecule has 7 heteroatoms. The molecule has 1 aromatic rings. The van der Waals surface area contributed by atoms with E-state index >= 15 is 0 Å². The van der Waals surface area contributed by atoms with E-state index < -0.39 is 23.3 Å². The first kappa shape index (κ1) is 15.3. The first-order valence-electron chi connectivity index (χ1n) is 5.22. The first-order chi connectivity index (χ1) is 8.85. The molecule has 0 spiro atoms. The molecule has 0 heterocycles. The summed E-state index contributed by atoms with van der Waals surface area (Å²) in [5, 5.41) is 8.75. The first-order valence-corrected chi connectivity index (χ1v) is 5.75. The Morgan fingerprint density at radius 2 is 2.11 bits per heavy atom. The molecule has 0 radical (unpaired) electrons. The van der Waals surface area contributed by atoms with Crippen LogP contribution in [-0.2, 0) is 16.8 Å². The maximum Gasteiger partial charge on any atom is 0.417 e. The molecule has 0 saturated carbocycles. The van der Waals surface area contributed by atoms with E-state index in [0.717, 1.165) is 6.07 Å². The third-order valence-electron chi connectivity index (χ3n) is 2.31. The minimum atomic E-state index is -4.68.